The van der Waals surface area contributed by atoms with E-state index in [9.17, 15) is 13.2 Å². The maximum absolute atomic E-state index is 15.4. The molecule has 2 aliphatic heterocycles. The third-order valence-electron chi connectivity index (χ3n) is 7.25. The first-order valence-electron chi connectivity index (χ1n) is 12.0. The first kappa shape index (κ1) is 24.8. The van der Waals surface area contributed by atoms with Gasteiger partial charge in [0.25, 0.3) is 0 Å². The van der Waals surface area contributed by atoms with Gasteiger partial charge in [-0.3, -0.25) is 4.79 Å². The maximum Gasteiger partial charge on any atom is 0.230 e. The highest BCUT2D eigenvalue weighted by molar-refractivity contribution is 7.89. The third-order valence-corrected chi connectivity index (χ3v) is 9.62. The summed E-state index contributed by atoms with van der Waals surface area (Å²) in [5.41, 5.74) is 0.848. The van der Waals surface area contributed by atoms with E-state index in [2.05, 4.69) is 5.32 Å². The van der Waals surface area contributed by atoms with Crippen LogP contribution in [0.15, 0.2) is 48.5 Å². The van der Waals surface area contributed by atoms with E-state index in [-0.39, 0.29) is 18.5 Å². The molecule has 6 nitrogen and oxygen atoms in total. The van der Waals surface area contributed by atoms with Gasteiger partial charge in [-0.1, -0.05) is 42.5 Å². The maximum atomic E-state index is 15.4. The summed E-state index contributed by atoms with van der Waals surface area (Å²) in [6.07, 6.45) is 2.21. The van der Waals surface area contributed by atoms with E-state index in [1.54, 1.807) is 12.1 Å². The first-order chi connectivity index (χ1) is 16.3. The molecule has 1 N–H and O–H groups in total. The van der Waals surface area contributed by atoms with E-state index in [4.69, 9.17) is 4.74 Å². The summed E-state index contributed by atoms with van der Waals surface area (Å²) in [6, 6.07) is 13.8. The van der Waals surface area contributed by atoms with Gasteiger partial charge in [-0.25, -0.2) is 12.8 Å². The molecule has 34 heavy (non-hydrogen) atoms. The van der Waals surface area contributed by atoms with E-state index < -0.39 is 26.5 Å². The summed E-state index contributed by atoms with van der Waals surface area (Å²) < 4.78 is 49.3. The summed E-state index contributed by atoms with van der Waals surface area (Å²) in [5, 5.41) is 2.26. The lowest BCUT2D eigenvalue weighted by molar-refractivity contribution is -0.130. The van der Waals surface area contributed by atoms with Crippen LogP contribution in [0, 0.1) is 5.82 Å². The second-order valence-corrected chi connectivity index (χ2v) is 11.3. The molecule has 0 bridgehead atoms. The van der Waals surface area contributed by atoms with Crippen LogP contribution in [0.3, 0.4) is 0 Å². The van der Waals surface area contributed by atoms with Crippen LogP contribution in [0.4, 0.5) is 4.39 Å². The van der Waals surface area contributed by atoms with Crippen LogP contribution < -0.4 is 5.32 Å². The number of benzene rings is 2. The molecule has 2 aromatic rings. The fourth-order valence-electron chi connectivity index (χ4n) is 5.19. The Hall–Kier alpha value is -2.29. The van der Waals surface area contributed by atoms with E-state index in [0.717, 1.165) is 5.56 Å². The summed E-state index contributed by atoms with van der Waals surface area (Å²) in [5.74, 6) is -0.611. The molecule has 0 spiro atoms. The van der Waals surface area contributed by atoms with Gasteiger partial charge >= 0.3 is 0 Å². The Balaban J connectivity index is 1.62. The van der Waals surface area contributed by atoms with Crippen LogP contribution in [0.5, 0.6) is 0 Å². The number of likely N-dealkylation sites (N-methyl/N-ethyl adjacent to an activating group) is 1. The fourth-order valence-corrected chi connectivity index (χ4v) is 7.38. The zero-order valence-electron chi connectivity index (χ0n) is 19.8. The summed E-state index contributed by atoms with van der Waals surface area (Å²) in [7, 11) is -3.66. The number of nitrogens with zero attached hydrogens (tertiary/aromatic N) is 1. The molecule has 2 aliphatic rings. The van der Waals surface area contributed by atoms with Crippen LogP contribution in [0.2, 0.25) is 0 Å². The van der Waals surface area contributed by atoms with Crippen molar-refractivity contribution in [3.8, 4) is 0 Å². The van der Waals surface area contributed by atoms with Crippen molar-refractivity contribution in [2.75, 3.05) is 19.8 Å². The quantitative estimate of drug-likeness (QED) is 0.665. The van der Waals surface area contributed by atoms with E-state index in [1.165, 1.54) is 10.4 Å². The number of sulfonamides is 1. The van der Waals surface area contributed by atoms with Gasteiger partial charge in [0.05, 0.1) is 5.41 Å². The van der Waals surface area contributed by atoms with Crippen molar-refractivity contribution in [2.24, 2.45) is 0 Å². The molecule has 1 amide bonds. The molecule has 2 atom stereocenters. The lowest BCUT2D eigenvalue weighted by Gasteiger charge is -2.38. The number of carbonyl (C=O) groups is 1. The molecule has 2 aromatic carbocycles. The van der Waals surface area contributed by atoms with Crippen molar-refractivity contribution in [2.45, 2.75) is 62.8 Å². The second-order valence-electron chi connectivity index (χ2n) is 9.28. The standard InChI is InChI=1S/C26H33FN2O4S/c1-3-28-25(30)26(13-15-33-16-14-26)22-11-10-21(23(27)17-22)18-29-19(2)9-12-24(34(29,31)32)20-7-5-4-6-8-20/h4-8,10-11,17,19,24H,3,9,12-16,18H2,1-2H3,(H,28,30)/t19-,24+/m0/s1. The molecule has 8 heteroatoms. The van der Waals surface area contributed by atoms with Crippen molar-refractivity contribution in [1.29, 1.82) is 0 Å². The minimum Gasteiger partial charge on any atom is -0.381 e. The van der Waals surface area contributed by atoms with Crippen LogP contribution in [0.1, 0.15) is 61.5 Å². The summed E-state index contributed by atoms with van der Waals surface area (Å²) in [6.45, 7) is 5.07. The lowest BCUT2D eigenvalue weighted by atomic mass is 9.73. The van der Waals surface area contributed by atoms with Crippen LogP contribution in [-0.2, 0) is 31.5 Å². The summed E-state index contributed by atoms with van der Waals surface area (Å²) in [4.78, 5) is 13.0. The van der Waals surface area contributed by atoms with Gasteiger partial charge < -0.3 is 10.1 Å². The normalized spacial score (nSPS) is 24.4. The van der Waals surface area contributed by atoms with Crippen molar-refractivity contribution in [3.05, 3.63) is 71.0 Å². The Morgan fingerprint density at radius 2 is 1.85 bits per heavy atom. The molecule has 0 radical (unpaired) electrons. The van der Waals surface area contributed by atoms with Crippen LogP contribution in [-0.4, -0.2) is 44.4 Å². The number of rotatable bonds is 6. The Morgan fingerprint density at radius 1 is 1.15 bits per heavy atom. The van der Waals surface area contributed by atoms with Gasteiger partial charge in [-0.15, -0.1) is 0 Å². The average molecular weight is 489 g/mol. The number of ether oxygens (including phenoxy) is 1. The minimum absolute atomic E-state index is 0.0315. The number of hydrogen-bond acceptors (Lipinski definition) is 4. The predicted octanol–water partition coefficient (Wildman–Crippen LogP) is 4.07. The van der Waals surface area contributed by atoms with Crippen molar-refractivity contribution >= 4 is 15.9 Å². The Kier molecular flexibility index (Phi) is 7.40. The highest BCUT2D eigenvalue weighted by Crippen LogP contribution is 2.39. The Labute approximate surface area is 201 Å². The second kappa shape index (κ2) is 10.1. The topological polar surface area (TPSA) is 75.7 Å². The molecule has 0 aromatic heterocycles. The number of nitrogens with one attached hydrogen (secondary N) is 1. The largest absolute Gasteiger partial charge is 0.381 e. The van der Waals surface area contributed by atoms with E-state index >= 15 is 4.39 Å². The van der Waals surface area contributed by atoms with Crippen molar-refractivity contribution < 1.29 is 22.3 Å². The monoisotopic (exact) mass is 488 g/mol. The molecular formula is C26H33FN2O4S. The molecule has 2 fully saturated rings. The van der Waals surface area contributed by atoms with E-state index in [0.29, 0.717) is 56.6 Å². The molecule has 2 saturated heterocycles. The third kappa shape index (κ3) is 4.63. The SMILES string of the molecule is CCNC(=O)C1(c2ccc(CN3[C@@H](C)CC[C@H](c4ccccc4)S3(=O)=O)c(F)c2)CCOCC1. The molecule has 0 unspecified atom stereocenters. The summed E-state index contributed by atoms with van der Waals surface area (Å²) >= 11 is 0. The highest BCUT2D eigenvalue weighted by atomic mass is 32.2. The number of halogens is 1. The Morgan fingerprint density at radius 3 is 2.50 bits per heavy atom. The molecule has 2 heterocycles. The van der Waals surface area contributed by atoms with Gasteiger partial charge in [0.2, 0.25) is 15.9 Å². The van der Waals surface area contributed by atoms with Gasteiger partial charge in [0, 0.05) is 37.9 Å². The van der Waals surface area contributed by atoms with Crippen LogP contribution >= 0.6 is 0 Å². The molecule has 4 rings (SSSR count). The average Bonchev–Trinajstić information content (AvgIpc) is 2.83. The van der Waals surface area contributed by atoms with Crippen molar-refractivity contribution in [1.82, 2.24) is 9.62 Å². The number of carbonyl (C=O) groups excluding carboxylic acids is 1. The molecule has 184 valence electrons. The lowest BCUT2D eigenvalue weighted by Crippen LogP contribution is -2.48. The fraction of sp³-hybridized carbons (Fsp3) is 0.500. The minimum atomic E-state index is -3.66. The van der Waals surface area contributed by atoms with Gasteiger partial charge in [0.15, 0.2) is 0 Å². The Bertz CT molecular complexity index is 1120. The van der Waals surface area contributed by atoms with Gasteiger partial charge in [-0.05, 0) is 56.7 Å². The number of hydrogen-bond donors (Lipinski definition) is 1. The highest BCUT2D eigenvalue weighted by Gasteiger charge is 2.43. The molecule has 0 aliphatic carbocycles. The van der Waals surface area contributed by atoms with Gasteiger partial charge in [-0.2, -0.15) is 4.31 Å². The first-order valence-corrected chi connectivity index (χ1v) is 13.5. The van der Waals surface area contributed by atoms with E-state index in [1.807, 2.05) is 44.2 Å². The molecular weight excluding hydrogens is 455 g/mol. The zero-order valence-corrected chi connectivity index (χ0v) is 20.6. The smallest absolute Gasteiger partial charge is 0.230 e. The van der Waals surface area contributed by atoms with Gasteiger partial charge in [0.1, 0.15) is 11.1 Å². The van der Waals surface area contributed by atoms with Crippen LogP contribution in [0.25, 0.3) is 0 Å². The zero-order chi connectivity index (χ0) is 24.3. The predicted molar refractivity (Wildman–Crippen MR) is 129 cm³/mol. The van der Waals surface area contributed by atoms with Crippen molar-refractivity contribution in [3.63, 3.8) is 0 Å². The number of amides is 1. The molecule has 0 saturated carbocycles.